The second kappa shape index (κ2) is 4.94. The molecule has 3 heterocycles. The highest BCUT2D eigenvalue weighted by Crippen LogP contribution is 2.42. The number of hydrogen-bond acceptors (Lipinski definition) is 5. The Morgan fingerprint density at radius 2 is 2.00 bits per heavy atom. The lowest BCUT2D eigenvalue weighted by Gasteiger charge is -2.38. The number of anilines is 1. The Balaban J connectivity index is 1.79. The van der Waals surface area contributed by atoms with Gasteiger partial charge in [0.15, 0.2) is 0 Å². The first-order valence-corrected chi connectivity index (χ1v) is 7.75. The van der Waals surface area contributed by atoms with Crippen LogP contribution in [-0.4, -0.2) is 20.0 Å². The van der Waals surface area contributed by atoms with E-state index in [0.717, 1.165) is 17.8 Å². The molecule has 1 atom stereocenters. The third-order valence-electron chi connectivity index (χ3n) is 4.32. The maximum Gasteiger partial charge on any atom is 0.253 e. The smallest absolute Gasteiger partial charge is 0.253 e. The van der Waals surface area contributed by atoms with Crippen LogP contribution in [0.5, 0.6) is 0 Å². The molecular formula is C17H19N5O. The third kappa shape index (κ3) is 2.30. The highest BCUT2D eigenvalue weighted by atomic mass is 16.4. The molecule has 118 valence electrons. The van der Waals surface area contributed by atoms with E-state index in [4.69, 9.17) is 4.42 Å². The van der Waals surface area contributed by atoms with E-state index >= 15 is 0 Å². The fraction of sp³-hybridized carbons (Fsp3) is 0.353. The SMILES string of the molecule is Cc1nnc(-c2cnn3c2NC(c2ccccc2)CC3(C)C)o1. The Labute approximate surface area is 134 Å². The summed E-state index contributed by atoms with van der Waals surface area (Å²) in [5.74, 6) is 1.98. The van der Waals surface area contributed by atoms with Crippen molar-refractivity contribution in [2.45, 2.75) is 38.8 Å². The van der Waals surface area contributed by atoms with E-state index in [2.05, 4.69) is 58.7 Å². The highest BCUT2D eigenvalue weighted by Gasteiger charge is 2.36. The van der Waals surface area contributed by atoms with Crippen LogP contribution >= 0.6 is 0 Å². The average molecular weight is 309 g/mol. The summed E-state index contributed by atoms with van der Waals surface area (Å²) in [5, 5.41) is 16.2. The Hall–Kier alpha value is -2.63. The molecule has 6 heteroatoms. The zero-order valence-corrected chi connectivity index (χ0v) is 13.4. The van der Waals surface area contributed by atoms with Crippen LogP contribution in [0.1, 0.15) is 37.8 Å². The van der Waals surface area contributed by atoms with E-state index in [1.165, 1.54) is 5.56 Å². The van der Waals surface area contributed by atoms with E-state index in [1.807, 2.05) is 10.7 Å². The summed E-state index contributed by atoms with van der Waals surface area (Å²) in [6.07, 6.45) is 2.75. The number of fused-ring (bicyclic) bond motifs is 1. The number of hydrogen-bond donors (Lipinski definition) is 1. The number of benzene rings is 1. The van der Waals surface area contributed by atoms with Crippen molar-refractivity contribution in [3.63, 3.8) is 0 Å². The van der Waals surface area contributed by atoms with E-state index in [1.54, 1.807) is 13.1 Å². The van der Waals surface area contributed by atoms with Gasteiger partial charge in [-0.15, -0.1) is 10.2 Å². The minimum absolute atomic E-state index is 0.103. The van der Waals surface area contributed by atoms with E-state index in [0.29, 0.717) is 11.8 Å². The van der Waals surface area contributed by atoms with Crippen molar-refractivity contribution < 1.29 is 4.42 Å². The van der Waals surface area contributed by atoms with E-state index < -0.39 is 0 Å². The summed E-state index contributed by atoms with van der Waals surface area (Å²) in [5.41, 5.74) is 2.01. The Bertz CT molecular complexity index is 834. The molecule has 4 rings (SSSR count). The summed E-state index contributed by atoms with van der Waals surface area (Å²) in [6, 6.07) is 10.7. The zero-order valence-electron chi connectivity index (χ0n) is 13.4. The van der Waals surface area contributed by atoms with Gasteiger partial charge in [-0.05, 0) is 25.8 Å². The van der Waals surface area contributed by atoms with Gasteiger partial charge in [0.25, 0.3) is 5.89 Å². The topological polar surface area (TPSA) is 68.8 Å². The van der Waals surface area contributed by atoms with Gasteiger partial charge in [-0.25, -0.2) is 4.68 Å². The predicted octanol–water partition coefficient (Wildman–Crippen LogP) is 3.53. The van der Waals surface area contributed by atoms with Gasteiger partial charge in [-0.2, -0.15) is 5.10 Å². The molecule has 0 radical (unpaired) electrons. The molecular weight excluding hydrogens is 290 g/mol. The van der Waals surface area contributed by atoms with Crippen LogP contribution in [0.3, 0.4) is 0 Å². The van der Waals surface area contributed by atoms with Gasteiger partial charge in [0.05, 0.1) is 17.8 Å². The van der Waals surface area contributed by atoms with Crippen molar-refractivity contribution in [1.82, 2.24) is 20.0 Å². The molecule has 0 aliphatic carbocycles. The van der Waals surface area contributed by atoms with E-state index in [9.17, 15) is 0 Å². The molecule has 1 aliphatic heterocycles. The van der Waals surface area contributed by atoms with Crippen molar-refractivity contribution in [2.75, 3.05) is 5.32 Å². The molecule has 1 aromatic carbocycles. The summed E-state index contributed by atoms with van der Waals surface area (Å²) in [6.45, 7) is 6.18. The van der Waals surface area contributed by atoms with Gasteiger partial charge in [0, 0.05) is 6.92 Å². The standard InChI is InChI=1S/C17H19N5O/c1-11-20-21-16(23-11)13-10-18-22-15(13)19-14(9-17(22,2)3)12-7-5-4-6-8-12/h4-8,10,14,19H,9H2,1-3H3. The molecule has 23 heavy (non-hydrogen) atoms. The first kappa shape index (κ1) is 14.0. The average Bonchev–Trinajstić information content (AvgIpc) is 3.14. The monoisotopic (exact) mass is 309 g/mol. The van der Waals surface area contributed by atoms with Gasteiger partial charge in [-0.1, -0.05) is 30.3 Å². The fourth-order valence-electron chi connectivity index (χ4n) is 3.20. The normalized spacial score (nSPS) is 19.2. The third-order valence-corrected chi connectivity index (χ3v) is 4.32. The van der Waals surface area contributed by atoms with Crippen LogP contribution in [0, 0.1) is 6.92 Å². The first-order chi connectivity index (χ1) is 11.0. The number of aromatic nitrogens is 4. The molecule has 1 unspecified atom stereocenters. The molecule has 1 aliphatic rings. The Morgan fingerprint density at radius 1 is 1.22 bits per heavy atom. The van der Waals surface area contributed by atoms with Crippen LogP contribution in [0.25, 0.3) is 11.5 Å². The van der Waals surface area contributed by atoms with Crippen LogP contribution in [-0.2, 0) is 5.54 Å². The minimum Gasteiger partial charge on any atom is -0.421 e. The van der Waals surface area contributed by atoms with Crippen LogP contribution in [0.2, 0.25) is 0 Å². The molecule has 0 bridgehead atoms. The lowest BCUT2D eigenvalue weighted by Crippen LogP contribution is -2.37. The molecule has 1 N–H and O–H groups in total. The molecule has 0 spiro atoms. The van der Waals surface area contributed by atoms with Crippen LogP contribution in [0.4, 0.5) is 5.82 Å². The second-order valence-corrected chi connectivity index (χ2v) is 6.57. The van der Waals surface area contributed by atoms with Gasteiger partial charge in [0.1, 0.15) is 11.4 Å². The van der Waals surface area contributed by atoms with Gasteiger partial charge >= 0.3 is 0 Å². The largest absolute Gasteiger partial charge is 0.421 e. The number of aryl methyl sites for hydroxylation is 1. The second-order valence-electron chi connectivity index (χ2n) is 6.57. The van der Waals surface area contributed by atoms with Gasteiger partial charge in [-0.3, -0.25) is 0 Å². The highest BCUT2D eigenvalue weighted by molar-refractivity contribution is 5.70. The maximum atomic E-state index is 5.59. The number of nitrogens with one attached hydrogen (secondary N) is 1. The van der Waals surface area contributed by atoms with Crippen molar-refractivity contribution >= 4 is 5.82 Å². The van der Waals surface area contributed by atoms with Crippen molar-refractivity contribution in [2.24, 2.45) is 0 Å². The molecule has 6 nitrogen and oxygen atoms in total. The Kier molecular flexibility index (Phi) is 3.01. The number of rotatable bonds is 2. The summed E-state index contributed by atoms with van der Waals surface area (Å²) >= 11 is 0. The van der Waals surface area contributed by atoms with Crippen LogP contribution < -0.4 is 5.32 Å². The summed E-state index contributed by atoms with van der Waals surface area (Å²) in [4.78, 5) is 0. The lowest BCUT2D eigenvalue weighted by atomic mass is 9.89. The first-order valence-electron chi connectivity index (χ1n) is 7.75. The van der Waals surface area contributed by atoms with Gasteiger partial charge < -0.3 is 9.73 Å². The Morgan fingerprint density at radius 3 is 2.70 bits per heavy atom. The maximum absolute atomic E-state index is 5.59. The lowest BCUT2D eigenvalue weighted by molar-refractivity contribution is 0.263. The number of nitrogens with zero attached hydrogens (tertiary/aromatic N) is 4. The van der Waals surface area contributed by atoms with Crippen LogP contribution in [0.15, 0.2) is 40.9 Å². The molecule has 0 fully saturated rings. The fourth-order valence-corrected chi connectivity index (χ4v) is 3.20. The minimum atomic E-state index is -0.103. The molecule has 3 aromatic rings. The summed E-state index contributed by atoms with van der Waals surface area (Å²) < 4.78 is 7.60. The van der Waals surface area contributed by atoms with Crippen molar-refractivity contribution in [3.8, 4) is 11.5 Å². The molecule has 0 saturated carbocycles. The zero-order chi connectivity index (χ0) is 16.0. The van der Waals surface area contributed by atoms with Crippen molar-refractivity contribution in [3.05, 3.63) is 48.0 Å². The molecule has 2 aromatic heterocycles. The molecule has 0 amide bonds. The summed E-state index contributed by atoms with van der Waals surface area (Å²) in [7, 11) is 0. The van der Waals surface area contributed by atoms with E-state index in [-0.39, 0.29) is 11.6 Å². The van der Waals surface area contributed by atoms with Crippen molar-refractivity contribution in [1.29, 1.82) is 0 Å². The predicted molar refractivity (Wildman–Crippen MR) is 87.0 cm³/mol. The molecule has 0 saturated heterocycles. The van der Waals surface area contributed by atoms with Gasteiger partial charge in [0.2, 0.25) is 5.89 Å². The quantitative estimate of drug-likeness (QED) is 0.784.